The van der Waals surface area contributed by atoms with E-state index in [1.165, 1.54) is 103 Å². The van der Waals surface area contributed by atoms with Crippen molar-refractivity contribution in [3.05, 3.63) is 154 Å². The second-order valence-corrected chi connectivity index (χ2v) is 14.4. The Labute approximate surface area is 414 Å². The van der Waals surface area contributed by atoms with Gasteiger partial charge < -0.3 is 22.1 Å². The molecule has 0 heterocycles. The molecule has 6 N–H and O–H groups in total. The quantitative estimate of drug-likeness (QED) is 0.0580. The Hall–Kier alpha value is -3.64. The van der Waals surface area contributed by atoms with Crippen LogP contribution in [0.2, 0.25) is 0 Å². The maximum absolute atomic E-state index is 13.2. The van der Waals surface area contributed by atoms with Gasteiger partial charge in [0.25, 0.3) is 0 Å². The fraction of sp³-hybridized carbons (Fsp3) is 0.583. The van der Waals surface area contributed by atoms with Crippen molar-refractivity contribution in [1.29, 1.82) is 0 Å². The molecular formula is C60H116F2N4. The molecule has 0 aliphatic heterocycles. The minimum atomic E-state index is -0.458. The van der Waals surface area contributed by atoms with Crippen LogP contribution in [0, 0.1) is 30.4 Å². The number of halogens is 2. The smallest absolute Gasteiger partial charge is 0.129 e. The average molecular weight is 932 g/mol. The molecule has 6 heteroatoms. The maximum Gasteiger partial charge on any atom is 0.129 e. The van der Waals surface area contributed by atoms with Crippen LogP contribution < -0.4 is 17.2 Å². The molecule has 1 aromatic rings. The van der Waals surface area contributed by atoms with Crippen molar-refractivity contribution in [1.82, 2.24) is 4.90 Å². The number of allylic oxidation sites excluding steroid dienone is 8. The lowest BCUT2D eigenvalue weighted by atomic mass is 9.82. The first-order valence-corrected chi connectivity index (χ1v) is 24.8. The SMILES string of the molecule is C=C.C=C(C)CCCc1cc(F)c(C)c(F)c1.C=C=CC.C=CC.C=CC(CCCCN)C(C=C)C(=C)CC.C=CCC.C=CCCCCCC.CCC.CCCN(CC)CC.CN.CN. The molecule has 0 fully saturated rings. The highest BCUT2D eigenvalue weighted by Crippen LogP contribution is 2.28. The lowest BCUT2D eigenvalue weighted by Gasteiger charge is -2.23. The summed E-state index contributed by atoms with van der Waals surface area (Å²) in [7, 11) is 3.00. The normalized spacial score (nSPS) is 9.33. The molecule has 66 heavy (non-hydrogen) atoms. The van der Waals surface area contributed by atoms with Crippen LogP contribution in [0.25, 0.3) is 0 Å². The van der Waals surface area contributed by atoms with Crippen molar-refractivity contribution < 1.29 is 8.78 Å². The zero-order valence-electron chi connectivity index (χ0n) is 46.7. The minimum absolute atomic E-state index is 0.0960. The first kappa shape index (κ1) is 85.6. The van der Waals surface area contributed by atoms with E-state index in [9.17, 15) is 8.78 Å². The van der Waals surface area contributed by atoms with Crippen molar-refractivity contribution in [3.8, 4) is 0 Å². The van der Waals surface area contributed by atoms with Gasteiger partial charge in [-0.2, -0.15) is 0 Å². The molecule has 2 unspecified atom stereocenters. The van der Waals surface area contributed by atoms with E-state index in [-0.39, 0.29) is 5.56 Å². The molecule has 4 nitrogen and oxygen atoms in total. The number of aryl methyl sites for hydroxylation is 1. The predicted molar refractivity (Wildman–Crippen MR) is 309 cm³/mol. The van der Waals surface area contributed by atoms with Crippen LogP contribution in [-0.2, 0) is 6.42 Å². The first-order chi connectivity index (χ1) is 31.6. The molecule has 0 bridgehead atoms. The fourth-order valence-electron chi connectivity index (χ4n) is 4.86. The van der Waals surface area contributed by atoms with Gasteiger partial charge in [0.05, 0.1) is 0 Å². The summed E-state index contributed by atoms with van der Waals surface area (Å²) in [5.41, 5.74) is 20.2. The van der Waals surface area contributed by atoms with E-state index < -0.39 is 11.6 Å². The van der Waals surface area contributed by atoms with E-state index in [4.69, 9.17) is 5.73 Å². The van der Waals surface area contributed by atoms with Crippen molar-refractivity contribution in [2.24, 2.45) is 29.0 Å². The molecule has 0 spiro atoms. The van der Waals surface area contributed by atoms with E-state index in [1.54, 1.807) is 12.2 Å². The molecule has 0 saturated heterocycles. The Bertz CT molecular complexity index is 1160. The number of benzene rings is 1. The molecule has 0 amide bonds. The lowest BCUT2D eigenvalue weighted by molar-refractivity contribution is 0.304. The summed E-state index contributed by atoms with van der Waals surface area (Å²) < 4.78 is 26.3. The number of rotatable bonds is 23. The Kier molecular flexibility index (Phi) is 110. The van der Waals surface area contributed by atoms with Crippen LogP contribution in [0.15, 0.2) is 131 Å². The number of hydrogen-bond acceptors (Lipinski definition) is 4. The van der Waals surface area contributed by atoms with Crippen LogP contribution >= 0.6 is 0 Å². The standard InChI is InChI=1S/C14H25N.C13H16F2.C8H16.C7H17N.C4H8.C4H6.C3H8.C3H6.C2H4.2CH5N/c1-5-12(4)14(7-3)13(6-2)10-8-9-11-15;1-9(2)5-4-6-11-7-12(14)10(3)13(15)8-11;1-3-5-7-8-6-4-2;1-4-7-8(5-2)6-3;2*1-3-4-2;2*1-3-2;3*1-2/h6-7,13-14H,2-5,8-11,15H2,1H3;7-8H,1,4-6H2,2-3H3;3H,1,4-8H2,2H3;4-7H2,1-3H3;3H,1,4H2,2H3;4H,1H2,2H3;3H2,1-2H3;3H,1H2,2H3;1-2H2;2*2H2,1H3. The summed E-state index contributed by atoms with van der Waals surface area (Å²) in [5, 5.41) is 0. The van der Waals surface area contributed by atoms with E-state index in [1.807, 2.05) is 45.1 Å². The third kappa shape index (κ3) is 80.6. The van der Waals surface area contributed by atoms with Crippen LogP contribution in [-0.4, -0.2) is 45.2 Å². The Balaban J connectivity index is -0.0000000712. The molecule has 0 aliphatic carbocycles. The molecule has 0 radical (unpaired) electrons. The number of unbranched alkanes of at least 4 members (excludes halogenated alkanes) is 5. The largest absolute Gasteiger partial charge is 0.333 e. The summed E-state index contributed by atoms with van der Waals surface area (Å²) in [4.78, 5) is 2.43. The second-order valence-electron chi connectivity index (χ2n) is 14.4. The van der Waals surface area contributed by atoms with Crippen LogP contribution in [0.4, 0.5) is 8.78 Å². The summed E-state index contributed by atoms with van der Waals surface area (Å²) >= 11 is 0. The Morgan fingerprint density at radius 2 is 1.20 bits per heavy atom. The molecule has 2 atom stereocenters. The zero-order valence-corrected chi connectivity index (χ0v) is 46.7. The molecule has 1 rings (SSSR count). The van der Waals surface area contributed by atoms with Gasteiger partial charge in [0, 0.05) is 11.5 Å². The van der Waals surface area contributed by atoms with E-state index >= 15 is 0 Å². The molecule has 390 valence electrons. The van der Waals surface area contributed by atoms with Gasteiger partial charge in [0.15, 0.2) is 0 Å². The molecule has 0 saturated carbocycles. The van der Waals surface area contributed by atoms with Gasteiger partial charge in [0.1, 0.15) is 11.6 Å². The van der Waals surface area contributed by atoms with Gasteiger partial charge in [0.2, 0.25) is 0 Å². The number of hydrogen-bond donors (Lipinski definition) is 3. The van der Waals surface area contributed by atoms with Crippen LogP contribution in [0.3, 0.4) is 0 Å². The van der Waals surface area contributed by atoms with Crippen molar-refractivity contribution >= 4 is 0 Å². The first-order valence-electron chi connectivity index (χ1n) is 24.8. The Morgan fingerprint density at radius 1 is 0.742 bits per heavy atom. The van der Waals surface area contributed by atoms with Gasteiger partial charge in [-0.05, 0) is 162 Å². The average Bonchev–Trinajstić information content (AvgIpc) is 3.34. The molecular weight excluding hydrogens is 815 g/mol. The maximum atomic E-state index is 13.2. The van der Waals surface area contributed by atoms with Crippen molar-refractivity contribution in [2.75, 3.05) is 40.3 Å². The van der Waals surface area contributed by atoms with Crippen molar-refractivity contribution in [3.63, 3.8) is 0 Å². The van der Waals surface area contributed by atoms with Gasteiger partial charge in [-0.3, -0.25) is 0 Å². The Morgan fingerprint density at radius 3 is 1.47 bits per heavy atom. The van der Waals surface area contributed by atoms with Gasteiger partial charge in [-0.1, -0.05) is 142 Å². The number of nitrogens with two attached hydrogens (primary N) is 3. The highest BCUT2D eigenvalue weighted by Gasteiger charge is 2.17. The van der Waals surface area contributed by atoms with Gasteiger partial charge in [-0.15, -0.1) is 58.4 Å². The highest BCUT2D eigenvalue weighted by molar-refractivity contribution is 5.25. The monoisotopic (exact) mass is 931 g/mol. The third-order valence-corrected chi connectivity index (χ3v) is 8.53. The zero-order chi connectivity index (χ0) is 54.0. The summed E-state index contributed by atoms with van der Waals surface area (Å²) in [6.07, 6.45) is 28.5. The number of nitrogens with zero attached hydrogens (tertiary/aromatic N) is 1. The summed E-state index contributed by atoms with van der Waals surface area (Å²) in [6, 6.07) is 2.83. The fourth-order valence-corrected chi connectivity index (χ4v) is 4.86. The molecule has 1 aromatic carbocycles. The van der Waals surface area contributed by atoms with E-state index in [0.717, 1.165) is 62.6 Å². The van der Waals surface area contributed by atoms with Crippen LogP contribution in [0.1, 0.15) is 177 Å². The van der Waals surface area contributed by atoms with E-state index in [2.05, 4.69) is 143 Å². The molecule has 0 aromatic heterocycles. The lowest BCUT2D eigenvalue weighted by Crippen LogP contribution is -2.23. The van der Waals surface area contributed by atoms with Crippen LogP contribution in [0.5, 0.6) is 0 Å². The predicted octanol–water partition coefficient (Wildman–Crippen LogP) is 18.2. The summed E-state index contributed by atoms with van der Waals surface area (Å²) in [6.45, 7) is 64.4. The molecule has 0 aliphatic rings. The minimum Gasteiger partial charge on any atom is -0.333 e. The van der Waals surface area contributed by atoms with Crippen molar-refractivity contribution in [2.45, 2.75) is 179 Å². The third-order valence-electron chi connectivity index (χ3n) is 8.53. The van der Waals surface area contributed by atoms with Gasteiger partial charge in [-0.25, -0.2) is 8.78 Å². The highest BCUT2D eigenvalue weighted by atomic mass is 19.1. The topological polar surface area (TPSA) is 81.3 Å². The second kappa shape index (κ2) is 84.7. The van der Waals surface area contributed by atoms with E-state index in [0.29, 0.717) is 18.3 Å². The summed E-state index contributed by atoms with van der Waals surface area (Å²) in [5.74, 6) is -0.0626. The van der Waals surface area contributed by atoms with Gasteiger partial charge >= 0.3 is 0 Å².